The molecule has 106 valence electrons. The van der Waals surface area contributed by atoms with Crippen LogP contribution in [0, 0.1) is 5.82 Å². The maximum atomic E-state index is 13.5. The third-order valence-corrected chi connectivity index (χ3v) is 3.70. The van der Waals surface area contributed by atoms with Gasteiger partial charge in [0.1, 0.15) is 5.82 Å². The van der Waals surface area contributed by atoms with Gasteiger partial charge in [0.05, 0.1) is 6.42 Å². The molecule has 0 saturated carbocycles. The first-order valence-corrected chi connectivity index (χ1v) is 7.90. The van der Waals surface area contributed by atoms with Crippen LogP contribution in [0.15, 0.2) is 18.2 Å². The van der Waals surface area contributed by atoms with Crippen LogP contribution in [0.5, 0.6) is 0 Å². The summed E-state index contributed by atoms with van der Waals surface area (Å²) < 4.78 is 13.5. The van der Waals surface area contributed by atoms with Gasteiger partial charge >= 0.3 is 0 Å². The Morgan fingerprint density at radius 3 is 2.68 bits per heavy atom. The van der Waals surface area contributed by atoms with Gasteiger partial charge in [-0.1, -0.05) is 46.4 Å². The van der Waals surface area contributed by atoms with E-state index in [1.165, 1.54) is 12.1 Å². The highest BCUT2D eigenvalue weighted by Gasteiger charge is 2.11. The molecule has 1 amide bonds. The molecule has 0 aliphatic heterocycles. The van der Waals surface area contributed by atoms with Gasteiger partial charge in [0.25, 0.3) is 0 Å². The molecular formula is C14H18BrClFNO. The van der Waals surface area contributed by atoms with Crippen molar-refractivity contribution in [3.8, 4) is 0 Å². The van der Waals surface area contributed by atoms with Crippen molar-refractivity contribution in [3.05, 3.63) is 34.6 Å². The lowest BCUT2D eigenvalue weighted by Crippen LogP contribution is -2.26. The molecule has 0 unspecified atom stereocenters. The van der Waals surface area contributed by atoms with Crippen LogP contribution in [0.3, 0.4) is 0 Å². The van der Waals surface area contributed by atoms with Crippen molar-refractivity contribution in [2.24, 2.45) is 0 Å². The van der Waals surface area contributed by atoms with Crippen molar-refractivity contribution in [1.82, 2.24) is 5.32 Å². The quantitative estimate of drug-likeness (QED) is 0.555. The number of hydrogen-bond acceptors (Lipinski definition) is 1. The fourth-order valence-electron chi connectivity index (χ4n) is 1.73. The lowest BCUT2D eigenvalue weighted by atomic mass is 10.1. The molecule has 1 aromatic rings. The summed E-state index contributed by atoms with van der Waals surface area (Å²) in [7, 11) is 0. The summed E-state index contributed by atoms with van der Waals surface area (Å²) in [4.78, 5) is 11.7. The van der Waals surface area contributed by atoms with Crippen molar-refractivity contribution in [3.63, 3.8) is 0 Å². The van der Waals surface area contributed by atoms with Gasteiger partial charge in [-0.2, -0.15) is 0 Å². The normalized spacial score (nSPS) is 10.5. The van der Waals surface area contributed by atoms with Crippen LogP contribution in [0.2, 0.25) is 5.02 Å². The highest BCUT2D eigenvalue weighted by molar-refractivity contribution is 9.09. The average Bonchev–Trinajstić information content (AvgIpc) is 2.38. The maximum absolute atomic E-state index is 13.5. The monoisotopic (exact) mass is 349 g/mol. The standard InChI is InChI=1S/C14H18BrClFNO/c15-8-3-1-2-4-9-18-14(19)10-11-12(16)6-5-7-13(11)17/h5-7H,1-4,8-10H2,(H,18,19). The molecule has 1 rings (SSSR count). The molecule has 0 saturated heterocycles. The molecule has 0 heterocycles. The molecule has 5 heteroatoms. The predicted molar refractivity (Wildman–Crippen MR) is 80.4 cm³/mol. The van der Waals surface area contributed by atoms with Crippen LogP contribution in [-0.2, 0) is 11.2 Å². The van der Waals surface area contributed by atoms with Crippen LogP contribution in [-0.4, -0.2) is 17.8 Å². The van der Waals surface area contributed by atoms with Crippen LogP contribution in [0.4, 0.5) is 4.39 Å². The molecule has 0 bridgehead atoms. The molecule has 1 N–H and O–H groups in total. The van der Waals surface area contributed by atoms with E-state index in [1.54, 1.807) is 6.07 Å². The topological polar surface area (TPSA) is 29.1 Å². The number of rotatable bonds is 8. The zero-order chi connectivity index (χ0) is 14.1. The Kier molecular flexibility index (Phi) is 8.07. The minimum Gasteiger partial charge on any atom is -0.356 e. The second-order valence-corrected chi connectivity index (χ2v) is 5.53. The van der Waals surface area contributed by atoms with Crippen molar-refractivity contribution >= 4 is 33.4 Å². The maximum Gasteiger partial charge on any atom is 0.224 e. The zero-order valence-electron chi connectivity index (χ0n) is 10.7. The summed E-state index contributed by atoms with van der Waals surface area (Å²) in [5.41, 5.74) is 0.265. The van der Waals surface area contributed by atoms with E-state index in [9.17, 15) is 9.18 Å². The van der Waals surface area contributed by atoms with Gasteiger partial charge in [-0.3, -0.25) is 4.79 Å². The van der Waals surface area contributed by atoms with Crippen LogP contribution in [0.25, 0.3) is 0 Å². The molecule has 0 atom stereocenters. The minimum absolute atomic E-state index is 0.00704. The van der Waals surface area contributed by atoms with E-state index in [-0.39, 0.29) is 17.9 Å². The molecule has 0 aromatic heterocycles. The first kappa shape index (κ1) is 16.4. The van der Waals surface area contributed by atoms with E-state index in [0.717, 1.165) is 31.0 Å². The third-order valence-electron chi connectivity index (χ3n) is 2.78. The Morgan fingerprint density at radius 2 is 2.00 bits per heavy atom. The van der Waals surface area contributed by atoms with Gasteiger partial charge in [0.2, 0.25) is 5.91 Å². The smallest absolute Gasteiger partial charge is 0.224 e. The lowest BCUT2D eigenvalue weighted by molar-refractivity contribution is -0.120. The fourth-order valence-corrected chi connectivity index (χ4v) is 2.35. The third kappa shape index (κ3) is 6.39. The summed E-state index contributed by atoms with van der Waals surface area (Å²) in [6.45, 7) is 0.632. The number of nitrogens with one attached hydrogen (secondary N) is 1. The lowest BCUT2D eigenvalue weighted by Gasteiger charge is -2.07. The Morgan fingerprint density at radius 1 is 1.26 bits per heavy atom. The first-order valence-electron chi connectivity index (χ1n) is 6.40. The van der Waals surface area contributed by atoms with Gasteiger partial charge in [-0.25, -0.2) is 4.39 Å². The van der Waals surface area contributed by atoms with Crippen LogP contribution < -0.4 is 5.32 Å². The summed E-state index contributed by atoms with van der Waals surface area (Å²) >= 11 is 9.24. The molecule has 1 aromatic carbocycles. The van der Waals surface area contributed by atoms with Gasteiger partial charge in [0.15, 0.2) is 0 Å². The van der Waals surface area contributed by atoms with Gasteiger partial charge < -0.3 is 5.32 Å². The Bertz CT molecular complexity index is 394. The molecule has 0 aliphatic rings. The number of carbonyl (C=O) groups excluding carboxylic acids is 1. The second-order valence-electron chi connectivity index (χ2n) is 4.33. The summed E-state index contributed by atoms with van der Waals surface area (Å²) in [5, 5.41) is 4.10. The predicted octanol–water partition coefficient (Wildman–Crippen LogP) is 4.09. The SMILES string of the molecule is O=C(Cc1c(F)cccc1Cl)NCCCCCCBr. The molecule has 0 radical (unpaired) electrons. The molecule has 0 aliphatic carbocycles. The van der Waals surface area contributed by atoms with Crippen molar-refractivity contribution in [1.29, 1.82) is 0 Å². The van der Waals surface area contributed by atoms with E-state index >= 15 is 0 Å². The van der Waals surface area contributed by atoms with E-state index < -0.39 is 5.82 Å². The highest BCUT2D eigenvalue weighted by atomic mass is 79.9. The highest BCUT2D eigenvalue weighted by Crippen LogP contribution is 2.19. The van der Waals surface area contributed by atoms with E-state index in [2.05, 4.69) is 21.2 Å². The molecule has 2 nitrogen and oxygen atoms in total. The van der Waals surface area contributed by atoms with Gasteiger partial charge in [0, 0.05) is 22.5 Å². The first-order chi connectivity index (χ1) is 9.15. The number of alkyl halides is 1. The summed E-state index contributed by atoms with van der Waals surface area (Å²) in [6, 6.07) is 4.44. The molecule has 0 fully saturated rings. The Labute approximate surface area is 126 Å². The Hall–Kier alpha value is -0.610. The second kappa shape index (κ2) is 9.32. The largest absolute Gasteiger partial charge is 0.356 e. The van der Waals surface area contributed by atoms with Gasteiger partial charge in [-0.05, 0) is 25.0 Å². The van der Waals surface area contributed by atoms with E-state index in [1.807, 2.05) is 0 Å². The van der Waals surface area contributed by atoms with Crippen molar-refractivity contribution < 1.29 is 9.18 Å². The zero-order valence-corrected chi connectivity index (χ0v) is 13.1. The summed E-state index contributed by atoms with van der Waals surface area (Å²) in [5.74, 6) is -0.618. The number of unbranched alkanes of at least 4 members (excludes halogenated alkanes) is 3. The Balaban J connectivity index is 2.28. The van der Waals surface area contributed by atoms with Gasteiger partial charge in [-0.15, -0.1) is 0 Å². The molecular weight excluding hydrogens is 333 g/mol. The van der Waals surface area contributed by atoms with E-state index in [0.29, 0.717) is 11.6 Å². The summed E-state index contributed by atoms with van der Waals surface area (Å²) in [6.07, 6.45) is 4.34. The van der Waals surface area contributed by atoms with E-state index in [4.69, 9.17) is 11.6 Å². The van der Waals surface area contributed by atoms with Crippen LogP contribution in [0.1, 0.15) is 31.2 Å². The number of amides is 1. The van der Waals surface area contributed by atoms with Crippen molar-refractivity contribution in [2.45, 2.75) is 32.1 Å². The fraction of sp³-hybridized carbons (Fsp3) is 0.500. The van der Waals surface area contributed by atoms with Crippen LogP contribution >= 0.6 is 27.5 Å². The van der Waals surface area contributed by atoms with Crippen molar-refractivity contribution in [2.75, 3.05) is 11.9 Å². The number of hydrogen-bond donors (Lipinski definition) is 1. The minimum atomic E-state index is -0.431. The average molecular weight is 351 g/mol. The number of halogens is 3. The molecule has 19 heavy (non-hydrogen) atoms. The number of benzene rings is 1. The molecule has 0 spiro atoms. The number of carbonyl (C=O) groups is 1.